The lowest BCUT2D eigenvalue weighted by molar-refractivity contribution is 0.565. The van der Waals surface area contributed by atoms with Gasteiger partial charge in [-0.05, 0) is 33.0 Å². The Labute approximate surface area is 83.9 Å². The van der Waals surface area contributed by atoms with E-state index >= 15 is 0 Å². The first kappa shape index (κ1) is 10.9. The summed E-state index contributed by atoms with van der Waals surface area (Å²) in [6, 6.07) is 2.86. The first-order chi connectivity index (χ1) is 6.65. The van der Waals surface area contributed by atoms with Crippen LogP contribution in [0.2, 0.25) is 0 Å². The largest absolute Gasteiger partial charge is 0.308 e. The number of halogens is 1. The Morgan fingerprint density at radius 3 is 2.79 bits per heavy atom. The van der Waals surface area contributed by atoms with Crippen LogP contribution < -0.4 is 5.32 Å². The molecule has 0 fully saturated rings. The zero-order valence-corrected chi connectivity index (χ0v) is 8.71. The number of nitrogens with one attached hydrogen (secondary N) is 1. The van der Waals surface area contributed by atoms with Crippen molar-refractivity contribution in [1.29, 1.82) is 0 Å². The highest BCUT2D eigenvalue weighted by Crippen LogP contribution is 2.16. The molecule has 0 saturated carbocycles. The molecule has 1 aromatic rings. The van der Waals surface area contributed by atoms with Gasteiger partial charge in [0, 0.05) is 6.20 Å². The average molecular weight is 194 g/mol. The second-order valence-electron chi connectivity index (χ2n) is 3.38. The van der Waals surface area contributed by atoms with Crippen molar-refractivity contribution in [2.45, 2.75) is 19.9 Å². The van der Waals surface area contributed by atoms with E-state index in [4.69, 9.17) is 0 Å². The number of likely N-dealkylation sites (N-methyl/N-ethyl adjacent to an activating group) is 1. The fourth-order valence-electron chi connectivity index (χ4n) is 1.26. The Morgan fingerprint density at radius 2 is 2.29 bits per heavy atom. The Kier molecular flexibility index (Phi) is 3.77. The molecule has 0 amide bonds. The normalized spacial score (nSPS) is 12.3. The van der Waals surface area contributed by atoms with Gasteiger partial charge >= 0.3 is 0 Å². The molecule has 3 heteroatoms. The van der Waals surface area contributed by atoms with Crippen molar-refractivity contribution in [3.8, 4) is 0 Å². The number of hydrogen-bond donors (Lipinski definition) is 1. The van der Waals surface area contributed by atoms with Crippen molar-refractivity contribution in [1.82, 2.24) is 10.3 Å². The smallest absolute Gasteiger partial charge is 0.146 e. The third kappa shape index (κ3) is 2.64. The Morgan fingerprint density at radius 1 is 1.57 bits per heavy atom. The highest BCUT2D eigenvalue weighted by atomic mass is 19.1. The maximum Gasteiger partial charge on any atom is 0.146 e. The van der Waals surface area contributed by atoms with E-state index in [1.807, 2.05) is 19.9 Å². The molecule has 2 nitrogen and oxygen atoms in total. The lowest BCUT2D eigenvalue weighted by Gasteiger charge is -2.12. The van der Waals surface area contributed by atoms with Crippen LogP contribution in [0.4, 0.5) is 4.39 Å². The molecule has 76 valence electrons. The molecule has 1 rings (SSSR count). The number of nitrogens with zero attached hydrogens (tertiary/aromatic N) is 1. The third-order valence-corrected chi connectivity index (χ3v) is 1.89. The van der Waals surface area contributed by atoms with Crippen LogP contribution in [0.3, 0.4) is 0 Å². The second-order valence-corrected chi connectivity index (χ2v) is 3.38. The van der Waals surface area contributed by atoms with E-state index in [1.165, 1.54) is 6.07 Å². The summed E-state index contributed by atoms with van der Waals surface area (Å²) in [6.45, 7) is 3.95. The molecule has 1 unspecified atom stereocenters. The summed E-state index contributed by atoms with van der Waals surface area (Å²) in [5.41, 5.74) is 1.57. The van der Waals surface area contributed by atoms with E-state index in [9.17, 15) is 4.39 Å². The highest BCUT2D eigenvalue weighted by Gasteiger charge is 2.11. The van der Waals surface area contributed by atoms with E-state index in [2.05, 4.69) is 10.3 Å². The van der Waals surface area contributed by atoms with E-state index in [1.54, 1.807) is 19.3 Å². The van der Waals surface area contributed by atoms with E-state index in [0.29, 0.717) is 5.69 Å². The van der Waals surface area contributed by atoms with Gasteiger partial charge in [-0.1, -0.05) is 11.6 Å². The zero-order valence-electron chi connectivity index (χ0n) is 8.71. The van der Waals surface area contributed by atoms with Gasteiger partial charge in [-0.25, -0.2) is 4.39 Å². The van der Waals surface area contributed by atoms with Crippen LogP contribution in [0.5, 0.6) is 0 Å². The summed E-state index contributed by atoms with van der Waals surface area (Å²) in [7, 11) is 1.79. The minimum atomic E-state index is -0.274. The summed E-state index contributed by atoms with van der Waals surface area (Å²) >= 11 is 0. The minimum absolute atomic E-state index is 0.152. The predicted octanol–water partition coefficient (Wildman–Crippen LogP) is 2.45. The van der Waals surface area contributed by atoms with Gasteiger partial charge in [0.1, 0.15) is 5.82 Å². The number of hydrogen-bond acceptors (Lipinski definition) is 2. The molecule has 1 aromatic heterocycles. The predicted molar refractivity (Wildman–Crippen MR) is 55.4 cm³/mol. The lowest BCUT2D eigenvalue weighted by Crippen LogP contribution is -2.17. The van der Waals surface area contributed by atoms with Crippen LogP contribution >= 0.6 is 0 Å². The van der Waals surface area contributed by atoms with Crippen LogP contribution in [0.1, 0.15) is 25.6 Å². The Hall–Kier alpha value is -1.22. The summed E-state index contributed by atoms with van der Waals surface area (Å²) in [4.78, 5) is 4.02. The standard InChI is InChI=1S/C11H15FN2/c1-8(2)7-10(13-3)11-9(12)5-4-6-14-11/h4-7,10,13H,1-3H3. The molecular formula is C11H15FN2. The van der Waals surface area contributed by atoms with Crippen molar-refractivity contribution >= 4 is 0 Å². The van der Waals surface area contributed by atoms with Crippen molar-refractivity contribution in [3.05, 3.63) is 41.5 Å². The molecule has 0 bridgehead atoms. The third-order valence-electron chi connectivity index (χ3n) is 1.89. The zero-order chi connectivity index (χ0) is 10.6. The van der Waals surface area contributed by atoms with Gasteiger partial charge in [-0.2, -0.15) is 0 Å². The molecule has 0 aliphatic carbocycles. The first-order valence-electron chi connectivity index (χ1n) is 4.58. The van der Waals surface area contributed by atoms with Crippen LogP contribution in [0.25, 0.3) is 0 Å². The van der Waals surface area contributed by atoms with Crippen LogP contribution in [0.15, 0.2) is 30.0 Å². The maximum absolute atomic E-state index is 13.3. The summed E-state index contributed by atoms with van der Waals surface area (Å²) in [6.07, 6.45) is 3.55. The Balaban J connectivity index is 3.01. The van der Waals surface area contributed by atoms with Gasteiger partial charge in [0.05, 0.1) is 11.7 Å². The first-order valence-corrected chi connectivity index (χ1v) is 4.58. The number of allylic oxidation sites excluding steroid dienone is 1. The van der Waals surface area contributed by atoms with Gasteiger partial charge < -0.3 is 5.32 Å². The minimum Gasteiger partial charge on any atom is -0.308 e. The number of aromatic nitrogens is 1. The van der Waals surface area contributed by atoms with Crippen molar-refractivity contribution in [2.24, 2.45) is 0 Å². The molecular weight excluding hydrogens is 179 g/mol. The van der Waals surface area contributed by atoms with E-state index < -0.39 is 0 Å². The van der Waals surface area contributed by atoms with Gasteiger partial charge in [0.15, 0.2) is 0 Å². The molecule has 1 atom stereocenters. The topological polar surface area (TPSA) is 24.9 Å². The quantitative estimate of drug-likeness (QED) is 0.747. The van der Waals surface area contributed by atoms with Gasteiger partial charge in [-0.3, -0.25) is 4.98 Å². The molecule has 1 N–H and O–H groups in total. The van der Waals surface area contributed by atoms with E-state index in [0.717, 1.165) is 5.57 Å². The van der Waals surface area contributed by atoms with Crippen LogP contribution in [0, 0.1) is 5.82 Å². The monoisotopic (exact) mass is 194 g/mol. The van der Waals surface area contributed by atoms with Gasteiger partial charge in [0.2, 0.25) is 0 Å². The lowest BCUT2D eigenvalue weighted by atomic mass is 10.1. The molecule has 0 aliphatic heterocycles. The van der Waals surface area contributed by atoms with Gasteiger partial charge in [-0.15, -0.1) is 0 Å². The summed E-state index contributed by atoms with van der Waals surface area (Å²) < 4.78 is 13.3. The van der Waals surface area contributed by atoms with E-state index in [-0.39, 0.29) is 11.9 Å². The van der Waals surface area contributed by atoms with Crippen LogP contribution in [-0.2, 0) is 0 Å². The van der Waals surface area contributed by atoms with Gasteiger partial charge in [0.25, 0.3) is 0 Å². The van der Waals surface area contributed by atoms with Crippen molar-refractivity contribution < 1.29 is 4.39 Å². The molecule has 0 spiro atoms. The summed E-state index contributed by atoms with van der Waals surface area (Å²) in [5, 5.41) is 3.01. The average Bonchev–Trinajstić information content (AvgIpc) is 2.15. The maximum atomic E-state index is 13.3. The molecule has 1 heterocycles. The second kappa shape index (κ2) is 4.86. The molecule has 0 aromatic carbocycles. The van der Waals surface area contributed by atoms with Crippen molar-refractivity contribution in [3.63, 3.8) is 0 Å². The summed E-state index contributed by atoms with van der Waals surface area (Å²) in [5.74, 6) is -0.274. The Bertz CT molecular complexity index is 330. The SMILES string of the molecule is CNC(C=C(C)C)c1ncccc1F. The fraction of sp³-hybridized carbons (Fsp3) is 0.364. The molecule has 14 heavy (non-hydrogen) atoms. The van der Waals surface area contributed by atoms with Crippen molar-refractivity contribution in [2.75, 3.05) is 7.05 Å². The van der Waals surface area contributed by atoms with Crippen LogP contribution in [-0.4, -0.2) is 12.0 Å². The number of pyridine rings is 1. The number of rotatable bonds is 3. The fourth-order valence-corrected chi connectivity index (χ4v) is 1.26. The molecule has 0 radical (unpaired) electrons. The molecule has 0 saturated heterocycles. The highest BCUT2D eigenvalue weighted by molar-refractivity contribution is 5.18. The molecule has 0 aliphatic rings.